The molecule has 0 aliphatic heterocycles. The van der Waals surface area contributed by atoms with Crippen molar-refractivity contribution in [1.82, 2.24) is 5.32 Å². The number of hydrogen-bond acceptors (Lipinski definition) is 3. The molecule has 1 fully saturated rings. The molecular formula is C11H21NO2S. The summed E-state index contributed by atoms with van der Waals surface area (Å²) in [5, 5.41) is 11.9. The maximum Gasteiger partial charge on any atom is 0.303 e. The Labute approximate surface area is 96.0 Å². The zero-order chi connectivity index (χ0) is 11.1. The van der Waals surface area contributed by atoms with E-state index in [4.69, 9.17) is 5.11 Å². The molecule has 1 saturated carbocycles. The van der Waals surface area contributed by atoms with Gasteiger partial charge in [0.25, 0.3) is 0 Å². The van der Waals surface area contributed by atoms with Crippen molar-refractivity contribution in [3.63, 3.8) is 0 Å². The zero-order valence-electron chi connectivity index (χ0n) is 9.42. The average Bonchev–Trinajstić information content (AvgIpc) is 2.66. The van der Waals surface area contributed by atoms with E-state index >= 15 is 0 Å². The van der Waals surface area contributed by atoms with E-state index in [1.165, 1.54) is 25.7 Å². The van der Waals surface area contributed by atoms with Crippen molar-refractivity contribution in [2.75, 3.05) is 19.3 Å². The molecule has 1 aliphatic rings. The molecule has 0 spiro atoms. The SMILES string of the molecule is CSC1(CNCCCC(=O)O)CCCC1. The second-order valence-corrected chi connectivity index (χ2v) is 5.54. The summed E-state index contributed by atoms with van der Waals surface area (Å²) in [4.78, 5) is 10.3. The van der Waals surface area contributed by atoms with Crippen LogP contribution in [-0.4, -0.2) is 35.2 Å². The van der Waals surface area contributed by atoms with Crippen LogP contribution in [0, 0.1) is 0 Å². The third-order valence-corrected chi connectivity index (χ3v) is 4.56. The van der Waals surface area contributed by atoms with Gasteiger partial charge in [-0.15, -0.1) is 0 Å². The van der Waals surface area contributed by atoms with Gasteiger partial charge in [0.2, 0.25) is 0 Å². The van der Waals surface area contributed by atoms with E-state index in [9.17, 15) is 4.79 Å². The molecule has 88 valence electrons. The fourth-order valence-corrected chi connectivity index (χ4v) is 3.10. The van der Waals surface area contributed by atoms with Gasteiger partial charge in [-0.3, -0.25) is 4.79 Å². The highest BCUT2D eigenvalue weighted by atomic mass is 32.2. The van der Waals surface area contributed by atoms with Crippen LogP contribution in [0.2, 0.25) is 0 Å². The van der Waals surface area contributed by atoms with E-state index < -0.39 is 5.97 Å². The van der Waals surface area contributed by atoms with Gasteiger partial charge >= 0.3 is 5.97 Å². The smallest absolute Gasteiger partial charge is 0.303 e. The van der Waals surface area contributed by atoms with Crippen molar-refractivity contribution in [3.8, 4) is 0 Å². The van der Waals surface area contributed by atoms with Crippen LogP contribution in [0.15, 0.2) is 0 Å². The molecule has 0 radical (unpaired) electrons. The highest BCUT2D eigenvalue weighted by molar-refractivity contribution is 8.00. The van der Waals surface area contributed by atoms with Crippen LogP contribution >= 0.6 is 11.8 Å². The van der Waals surface area contributed by atoms with Crippen molar-refractivity contribution < 1.29 is 9.90 Å². The van der Waals surface area contributed by atoms with Crippen LogP contribution in [0.5, 0.6) is 0 Å². The molecule has 0 unspecified atom stereocenters. The molecule has 2 N–H and O–H groups in total. The number of carboxylic acids is 1. The monoisotopic (exact) mass is 231 g/mol. The van der Waals surface area contributed by atoms with Crippen LogP contribution < -0.4 is 5.32 Å². The number of aliphatic carboxylic acids is 1. The van der Waals surface area contributed by atoms with Gasteiger partial charge in [-0.2, -0.15) is 11.8 Å². The summed E-state index contributed by atoms with van der Waals surface area (Å²) in [7, 11) is 0. The molecule has 4 heteroatoms. The molecule has 0 amide bonds. The van der Waals surface area contributed by atoms with E-state index in [2.05, 4.69) is 11.6 Å². The molecular weight excluding hydrogens is 210 g/mol. The summed E-state index contributed by atoms with van der Waals surface area (Å²) >= 11 is 1.97. The third-order valence-electron chi connectivity index (χ3n) is 3.14. The van der Waals surface area contributed by atoms with Gasteiger partial charge in [0.05, 0.1) is 0 Å². The zero-order valence-corrected chi connectivity index (χ0v) is 10.2. The first kappa shape index (κ1) is 12.8. The normalized spacial score (nSPS) is 19.3. The summed E-state index contributed by atoms with van der Waals surface area (Å²) in [5.41, 5.74) is 0. The van der Waals surface area contributed by atoms with Gasteiger partial charge in [0.1, 0.15) is 0 Å². The Balaban J connectivity index is 2.10. The van der Waals surface area contributed by atoms with Crippen LogP contribution in [-0.2, 0) is 4.79 Å². The maximum absolute atomic E-state index is 10.3. The number of carboxylic acid groups (broad SMARTS) is 1. The lowest BCUT2D eigenvalue weighted by Crippen LogP contribution is -2.35. The quantitative estimate of drug-likeness (QED) is 0.659. The fraction of sp³-hybridized carbons (Fsp3) is 0.909. The standard InChI is InChI=1S/C11H21NO2S/c1-15-11(6-2-3-7-11)9-12-8-4-5-10(13)14/h12H,2-9H2,1H3,(H,13,14). The third kappa shape index (κ3) is 4.43. The Morgan fingerprint density at radius 2 is 2.13 bits per heavy atom. The van der Waals surface area contributed by atoms with E-state index in [0.29, 0.717) is 4.75 Å². The van der Waals surface area contributed by atoms with E-state index in [-0.39, 0.29) is 6.42 Å². The first-order valence-electron chi connectivity index (χ1n) is 5.66. The molecule has 1 rings (SSSR count). The molecule has 0 heterocycles. The molecule has 0 aromatic carbocycles. The van der Waals surface area contributed by atoms with Crippen molar-refractivity contribution >= 4 is 17.7 Å². The van der Waals surface area contributed by atoms with Crippen molar-refractivity contribution in [1.29, 1.82) is 0 Å². The van der Waals surface area contributed by atoms with Gasteiger partial charge in [-0.05, 0) is 32.1 Å². The van der Waals surface area contributed by atoms with Gasteiger partial charge in [-0.1, -0.05) is 12.8 Å². The largest absolute Gasteiger partial charge is 0.481 e. The topological polar surface area (TPSA) is 49.3 Å². The number of hydrogen-bond donors (Lipinski definition) is 2. The minimum absolute atomic E-state index is 0.277. The number of rotatable bonds is 7. The van der Waals surface area contributed by atoms with Crippen LogP contribution in [0.25, 0.3) is 0 Å². The lowest BCUT2D eigenvalue weighted by Gasteiger charge is -2.27. The Kier molecular flexibility index (Phi) is 5.47. The first-order chi connectivity index (χ1) is 7.18. The molecule has 0 saturated heterocycles. The van der Waals surface area contributed by atoms with Crippen molar-refractivity contribution in [3.05, 3.63) is 0 Å². The van der Waals surface area contributed by atoms with Crippen molar-refractivity contribution in [2.24, 2.45) is 0 Å². The summed E-state index contributed by atoms with van der Waals surface area (Å²) in [6.07, 6.45) is 8.50. The van der Waals surface area contributed by atoms with E-state index in [1.807, 2.05) is 11.8 Å². The van der Waals surface area contributed by atoms with Crippen LogP contribution in [0.4, 0.5) is 0 Å². The maximum atomic E-state index is 10.3. The van der Waals surface area contributed by atoms with Gasteiger partial charge in [0, 0.05) is 17.7 Å². The summed E-state index contributed by atoms with van der Waals surface area (Å²) < 4.78 is 0.434. The van der Waals surface area contributed by atoms with Gasteiger partial charge in [-0.25, -0.2) is 0 Å². The first-order valence-corrected chi connectivity index (χ1v) is 6.89. The fourth-order valence-electron chi connectivity index (χ4n) is 2.15. The Morgan fingerprint density at radius 1 is 1.47 bits per heavy atom. The highest BCUT2D eigenvalue weighted by Crippen LogP contribution is 2.39. The Bertz CT molecular complexity index is 203. The van der Waals surface area contributed by atoms with Crippen LogP contribution in [0.1, 0.15) is 38.5 Å². The Hall–Kier alpha value is -0.220. The molecule has 0 aromatic rings. The van der Waals surface area contributed by atoms with Gasteiger partial charge in [0.15, 0.2) is 0 Å². The molecule has 1 aliphatic carbocycles. The molecule has 15 heavy (non-hydrogen) atoms. The van der Waals surface area contributed by atoms with Crippen molar-refractivity contribution in [2.45, 2.75) is 43.3 Å². The lowest BCUT2D eigenvalue weighted by molar-refractivity contribution is -0.137. The predicted octanol–water partition coefficient (Wildman–Crippen LogP) is 2.12. The second-order valence-electron chi connectivity index (χ2n) is 4.27. The molecule has 3 nitrogen and oxygen atoms in total. The highest BCUT2D eigenvalue weighted by Gasteiger charge is 2.32. The summed E-state index contributed by atoms with van der Waals surface area (Å²) in [6, 6.07) is 0. The second kappa shape index (κ2) is 6.38. The number of thioether (sulfide) groups is 1. The molecule has 0 bridgehead atoms. The number of nitrogens with one attached hydrogen (secondary N) is 1. The summed E-state index contributed by atoms with van der Waals surface area (Å²) in [5.74, 6) is -0.697. The number of carbonyl (C=O) groups is 1. The molecule has 0 atom stereocenters. The Morgan fingerprint density at radius 3 is 2.67 bits per heavy atom. The average molecular weight is 231 g/mol. The molecule has 0 aromatic heterocycles. The predicted molar refractivity (Wildman–Crippen MR) is 64.5 cm³/mol. The summed E-state index contributed by atoms with van der Waals surface area (Å²) in [6.45, 7) is 1.86. The van der Waals surface area contributed by atoms with E-state index in [0.717, 1.165) is 19.5 Å². The minimum Gasteiger partial charge on any atom is -0.481 e. The minimum atomic E-state index is -0.697. The van der Waals surface area contributed by atoms with Crippen LogP contribution in [0.3, 0.4) is 0 Å². The lowest BCUT2D eigenvalue weighted by atomic mass is 10.1. The van der Waals surface area contributed by atoms with E-state index in [1.54, 1.807) is 0 Å². The van der Waals surface area contributed by atoms with Gasteiger partial charge < -0.3 is 10.4 Å².